The monoisotopic (exact) mass is 404 g/mol. The Hall–Kier alpha value is -3.55. The minimum atomic E-state index is -0.221. The summed E-state index contributed by atoms with van der Waals surface area (Å²) < 4.78 is 0. The number of hydrogen-bond acceptors (Lipinski definition) is 5. The van der Waals surface area contributed by atoms with Crippen molar-refractivity contribution in [2.75, 3.05) is 18.4 Å². The van der Waals surface area contributed by atoms with Crippen LogP contribution in [-0.4, -0.2) is 50.0 Å². The zero-order valence-corrected chi connectivity index (χ0v) is 17.1. The van der Waals surface area contributed by atoms with Crippen molar-refractivity contribution in [3.8, 4) is 0 Å². The molecule has 1 aromatic carbocycles. The van der Waals surface area contributed by atoms with Gasteiger partial charge in [-0.15, -0.1) is 0 Å². The van der Waals surface area contributed by atoms with Crippen molar-refractivity contribution < 1.29 is 9.59 Å². The van der Waals surface area contributed by atoms with Crippen molar-refractivity contribution >= 4 is 17.5 Å². The molecular formula is C22H24N6O2. The molecule has 8 nitrogen and oxygen atoms in total. The molecule has 2 N–H and O–H groups in total. The van der Waals surface area contributed by atoms with Gasteiger partial charge in [0.1, 0.15) is 5.82 Å². The van der Waals surface area contributed by atoms with Crippen LogP contribution in [0.15, 0.2) is 42.7 Å². The number of anilines is 1. The number of para-hydroxylation sites is 1. The summed E-state index contributed by atoms with van der Waals surface area (Å²) in [5, 5.41) is 9.61. The molecule has 1 aliphatic heterocycles. The van der Waals surface area contributed by atoms with Crippen molar-refractivity contribution in [2.24, 2.45) is 0 Å². The number of aromatic nitrogens is 4. The lowest BCUT2D eigenvalue weighted by molar-refractivity contribution is 0.0710. The quantitative estimate of drug-likeness (QED) is 0.695. The molecule has 0 atom stereocenters. The Morgan fingerprint density at radius 2 is 1.80 bits per heavy atom. The Labute approximate surface area is 174 Å². The first kappa shape index (κ1) is 19.8. The van der Waals surface area contributed by atoms with Crippen LogP contribution in [0.5, 0.6) is 0 Å². The van der Waals surface area contributed by atoms with Crippen LogP contribution in [0.4, 0.5) is 5.69 Å². The topological polar surface area (TPSA) is 104 Å². The third-order valence-corrected chi connectivity index (χ3v) is 5.48. The standard InChI is InChI=1S/C22H24N6O2/c1-14-18(21(29)26-17-6-4-3-5-7-17)12-23-20(25-14)16-8-10-28(11-9-16)22(30)19-13-24-27-15(19)2/h3-7,12-13,16H,8-11H2,1-2H3,(H,24,27)(H,26,29). The largest absolute Gasteiger partial charge is 0.338 e. The van der Waals surface area contributed by atoms with Crippen molar-refractivity contribution in [3.63, 3.8) is 0 Å². The molecule has 1 aliphatic rings. The maximum Gasteiger partial charge on any atom is 0.259 e. The number of nitrogens with zero attached hydrogens (tertiary/aromatic N) is 4. The molecule has 154 valence electrons. The van der Waals surface area contributed by atoms with E-state index in [0.717, 1.165) is 30.0 Å². The van der Waals surface area contributed by atoms with E-state index in [1.807, 2.05) is 49.1 Å². The first-order valence-corrected chi connectivity index (χ1v) is 10.0. The van der Waals surface area contributed by atoms with Crippen molar-refractivity contribution in [3.05, 3.63) is 71.1 Å². The molecule has 4 rings (SSSR count). The van der Waals surface area contributed by atoms with Gasteiger partial charge in [-0.05, 0) is 38.8 Å². The zero-order valence-electron chi connectivity index (χ0n) is 17.1. The number of piperidine rings is 1. The third-order valence-electron chi connectivity index (χ3n) is 5.48. The molecule has 2 amide bonds. The first-order chi connectivity index (χ1) is 14.5. The number of aromatic amines is 1. The Balaban J connectivity index is 1.40. The van der Waals surface area contributed by atoms with E-state index < -0.39 is 0 Å². The number of nitrogens with one attached hydrogen (secondary N) is 2. The summed E-state index contributed by atoms with van der Waals surface area (Å²) in [5.41, 5.74) is 3.25. The maximum atomic E-state index is 12.6. The summed E-state index contributed by atoms with van der Waals surface area (Å²) in [5.74, 6) is 0.686. The zero-order chi connectivity index (χ0) is 21.1. The Morgan fingerprint density at radius 3 is 2.43 bits per heavy atom. The second-order valence-corrected chi connectivity index (χ2v) is 7.52. The summed E-state index contributed by atoms with van der Waals surface area (Å²) >= 11 is 0. The molecule has 0 saturated carbocycles. The maximum absolute atomic E-state index is 12.6. The number of amides is 2. The number of H-pyrrole nitrogens is 1. The Bertz CT molecular complexity index is 1050. The van der Waals surface area contributed by atoms with Gasteiger partial charge in [-0.3, -0.25) is 14.7 Å². The summed E-state index contributed by atoms with van der Waals surface area (Å²) in [6, 6.07) is 9.30. The van der Waals surface area contributed by atoms with Crippen LogP contribution in [0.3, 0.4) is 0 Å². The van der Waals surface area contributed by atoms with Crippen molar-refractivity contribution in [2.45, 2.75) is 32.6 Å². The van der Waals surface area contributed by atoms with Gasteiger partial charge in [0.15, 0.2) is 0 Å². The molecule has 0 radical (unpaired) electrons. The lowest BCUT2D eigenvalue weighted by atomic mass is 9.95. The number of hydrogen-bond donors (Lipinski definition) is 2. The highest BCUT2D eigenvalue weighted by atomic mass is 16.2. The lowest BCUT2D eigenvalue weighted by Crippen LogP contribution is -2.38. The van der Waals surface area contributed by atoms with Gasteiger partial charge in [0.2, 0.25) is 0 Å². The van der Waals surface area contributed by atoms with Gasteiger partial charge in [-0.25, -0.2) is 9.97 Å². The highest BCUT2D eigenvalue weighted by Crippen LogP contribution is 2.27. The van der Waals surface area contributed by atoms with E-state index in [1.165, 1.54) is 0 Å². The summed E-state index contributed by atoms with van der Waals surface area (Å²) in [6.07, 6.45) is 4.76. The highest BCUT2D eigenvalue weighted by Gasteiger charge is 2.27. The minimum absolute atomic E-state index is 0.00438. The Kier molecular flexibility index (Phi) is 5.56. The summed E-state index contributed by atoms with van der Waals surface area (Å²) in [7, 11) is 0. The van der Waals surface area contributed by atoms with E-state index in [9.17, 15) is 9.59 Å². The summed E-state index contributed by atoms with van der Waals surface area (Å²) in [6.45, 7) is 4.96. The van der Waals surface area contributed by atoms with Gasteiger partial charge in [-0.1, -0.05) is 18.2 Å². The number of carbonyl (C=O) groups excluding carboxylic acids is 2. The second-order valence-electron chi connectivity index (χ2n) is 7.52. The van der Waals surface area contributed by atoms with Gasteiger partial charge in [-0.2, -0.15) is 5.10 Å². The molecule has 8 heteroatoms. The van der Waals surface area contributed by atoms with Crippen molar-refractivity contribution in [1.82, 2.24) is 25.1 Å². The van der Waals surface area contributed by atoms with E-state index >= 15 is 0 Å². The first-order valence-electron chi connectivity index (χ1n) is 10.0. The fourth-order valence-corrected chi connectivity index (χ4v) is 3.70. The van der Waals surface area contributed by atoms with E-state index in [0.29, 0.717) is 29.9 Å². The van der Waals surface area contributed by atoms with E-state index in [4.69, 9.17) is 0 Å². The molecule has 0 unspecified atom stereocenters. The number of likely N-dealkylation sites (tertiary alicyclic amines) is 1. The molecule has 3 aromatic rings. The smallest absolute Gasteiger partial charge is 0.259 e. The number of aryl methyl sites for hydroxylation is 2. The number of carbonyl (C=O) groups is 2. The normalized spacial score (nSPS) is 14.5. The van der Waals surface area contributed by atoms with Crippen LogP contribution < -0.4 is 5.32 Å². The molecule has 0 bridgehead atoms. The van der Waals surface area contributed by atoms with Crippen LogP contribution in [-0.2, 0) is 0 Å². The van der Waals surface area contributed by atoms with Crippen molar-refractivity contribution in [1.29, 1.82) is 0 Å². The molecule has 0 aliphatic carbocycles. The van der Waals surface area contributed by atoms with E-state index in [1.54, 1.807) is 12.4 Å². The van der Waals surface area contributed by atoms with Crippen LogP contribution in [0, 0.1) is 13.8 Å². The predicted octanol–water partition coefficient (Wildman–Crippen LogP) is 3.09. The van der Waals surface area contributed by atoms with Crippen LogP contribution in [0.25, 0.3) is 0 Å². The van der Waals surface area contributed by atoms with Gasteiger partial charge in [0.05, 0.1) is 23.0 Å². The Morgan fingerprint density at radius 1 is 1.07 bits per heavy atom. The fourth-order valence-electron chi connectivity index (χ4n) is 3.70. The SMILES string of the molecule is Cc1nc(C2CCN(C(=O)c3cn[nH]c3C)CC2)ncc1C(=O)Nc1ccccc1. The lowest BCUT2D eigenvalue weighted by Gasteiger charge is -2.31. The molecule has 2 aromatic heterocycles. The second kappa shape index (κ2) is 8.44. The minimum Gasteiger partial charge on any atom is -0.338 e. The molecule has 1 saturated heterocycles. The number of rotatable bonds is 4. The van der Waals surface area contributed by atoms with Crippen LogP contribution in [0.1, 0.15) is 56.7 Å². The molecule has 1 fully saturated rings. The van der Waals surface area contributed by atoms with Crippen LogP contribution in [0.2, 0.25) is 0 Å². The third kappa shape index (κ3) is 4.07. The van der Waals surface area contributed by atoms with Gasteiger partial charge < -0.3 is 10.2 Å². The fraction of sp³-hybridized carbons (Fsp3) is 0.318. The molecular weight excluding hydrogens is 380 g/mol. The molecule has 30 heavy (non-hydrogen) atoms. The van der Waals surface area contributed by atoms with Gasteiger partial charge in [0, 0.05) is 36.6 Å². The van der Waals surface area contributed by atoms with Gasteiger partial charge in [0.25, 0.3) is 11.8 Å². The van der Waals surface area contributed by atoms with Crippen LogP contribution >= 0.6 is 0 Å². The van der Waals surface area contributed by atoms with E-state index in [-0.39, 0.29) is 17.7 Å². The number of benzene rings is 1. The van der Waals surface area contributed by atoms with Gasteiger partial charge >= 0.3 is 0 Å². The average molecular weight is 404 g/mol. The molecule has 3 heterocycles. The predicted molar refractivity (Wildman–Crippen MR) is 112 cm³/mol. The summed E-state index contributed by atoms with van der Waals surface area (Å²) in [4.78, 5) is 36.1. The van der Waals surface area contributed by atoms with E-state index in [2.05, 4.69) is 25.5 Å². The average Bonchev–Trinajstić information content (AvgIpc) is 3.19. The highest BCUT2D eigenvalue weighted by molar-refractivity contribution is 6.04. The molecule has 0 spiro atoms.